The van der Waals surface area contributed by atoms with Crippen molar-refractivity contribution < 1.29 is 22.6 Å². The fourth-order valence-electron chi connectivity index (χ4n) is 2.77. The molecule has 0 saturated carbocycles. The monoisotopic (exact) mass is 377 g/mol. The Bertz CT molecular complexity index is 851. The quantitative estimate of drug-likeness (QED) is 0.716. The number of nitrogens with one attached hydrogen (secondary N) is 1. The number of hydrogen-bond acceptors (Lipinski definition) is 5. The van der Waals surface area contributed by atoms with Gasteiger partial charge in [0.25, 0.3) is 0 Å². The second-order valence-electron chi connectivity index (χ2n) is 5.85. The average Bonchev–Trinajstić information content (AvgIpc) is 2.66. The van der Waals surface area contributed by atoms with Gasteiger partial charge in [0.2, 0.25) is 10.0 Å². The highest BCUT2D eigenvalue weighted by Crippen LogP contribution is 2.32. The molecule has 140 valence electrons. The Hall–Kier alpha value is -2.25. The van der Waals surface area contributed by atoms with Crippen molar-refractivity contribution in [1.29, 1.82) is 0 Å². The molecule has 2 aromatic carbocycles. The van der Waals surface area contributed by atoms with E-state index in [4.69, 9.17) is 14.2 Å². The molecular formula is C19H23NO5S. The van der Waals surface area contributed by atoms with Crippen molar-refractivity contribution in [3.05, 3.63) is 48.0 Å². The molecule has 0 spiro atoms. The zero-order chi connectivity index (χ0) is 18.4. The van der Waals surface area contributed by atoms with Crippen molar-refractivity contribution >= 4 is 10.0 Å². The molecule has 2 aromatic rings. The third kappa shape index (κ3) is 4.47. The standard InChI is InChI=1S/C19H23NO5S/c1-2-23-17-8-4-3-6-15(17)7-5-11-20-26(21,22)16-9-10-18-19(14-16)25-13-12-24-18/h3-4,6,8-10,14,20H,2,5,7,11-13H2,1H3. The van der Waals surface area contributed by atoms with Gasteiger partial charge in [-0.05, 0) is 43.5 Å². The van der Waals surface area contributed by atoms with Crippen molar-refractivity contribution in [2.24, 2.45) is 0 Å². The summed E-state index contributed by atoms with van der Waals surface area (Å²) in [6.45, 7) is 3.78. The van der Waals surface area contributed by atoms with Gasteiger partial charge in [-0.25, -0.2) is 13.1 Å². The minimum atomic E-state index is -3.59. The Kier molecular flexibility index (Phi) is 6.00. The molecule has 0 fully saturated rings. The summed E-state index contributed by atoms with van der Waals surface area (Å²) in [5.41, 5.74) is 1.08. The van der Waals surface area contributed by atoms with Crippen LogP contribution in [0, 0.1) is 0 Å². The molecule has 26 heavy (non-hydrogen) atoms. The number of ether oxygens (including phenoxy) is 3. The lowest BCUT2D eigenvalue weighted by molar-refractivity contribution is 0.171. The van der Waals surface area contributed by atoms with E-state index in [1.54, 1.807) is 6.07 Å². The molecule has 6 nitrogen and oxygen atoms in total. The molecule has 0 aliphatic carbocycles. The molecule has 0 radical (unpaired) electrons. The minimum absolute atomic E-state index is 0.177. The van der Waals surface area contributed by atoms with Crippen molar-refractivity contribution in [3.63, 3.8) is 0 Å². The smallest absolute Gasteiger partial charge is 0.240 e. The number of rotatable bonds is 8. The SMILES string of the molecule is CCOc1ccccc1CCCNS(=O)(=O)c1ccc2c(c1)OCCO2. The molecule has 0 atom stereocenters. The van der Waals surface area contributed by atoms with Crippen molar-refractivity contribution in [3.8, 4) is 17.2 Å². The van der Waals surface area contributed by atoms with E-state index < -0.39 is 10.0 Å². The van der Waals surface area contributed by atoms with E-state index in [1.807, 2.05) is 31.2 Å². The van der Waals surface area contributed by atoms with Crippen LogP contribution in [0.1, 0.15) is 18.9 Å². The van der Waals surface area contributed by atoms with E-state index >= 15 is 0 Å². The van der Waals surface area contributed by atoms with E-state index in [9.17, 15) is 8.42 Å². The third-order valence-corrected chi connectivity index (χ3v) is 5.47. The Morgan fingerprint density at radius 3 is 2.65 bits per heavy atom. The largest absolute Gasteiger partial charge is 0.494 e. The maximum Gasteiger partial charge on any atom is 0.240 e. The first-order valence-electron chi connectivity index (χ1n) is 8.70. The van der Waals surface area contributed by atoms with Crippen LogP contribution >= 0.6 is 0 Å². The average molecular weight is 377 g/mol. The number of para-hydroxylation sites is 1. The maximum absolute atomic E-state index is 12.5. The Labute approximate surface area is 154 Å². The highest BCUT2D eigenvalue weighted by atomic mass is 32.2. The summed E-state index contributed by atoms with van der Waals surface area (Å²) in [6, 6.07) is 12.5. The highest BCUT2D eigenvalue weighted by molar-refractivity contribution is 7.89. The molecular weight excluding hydrogens is 354 g/mol. The van der Waals surface area contributed by atoms with E-state index in [0.29, 0.717) is 44.3 Å². The van der Waals surface area contributed by atoms with Crippen LogP contribution in [0.15, 0.2) is 47.4 Å². The third-order valence-electron chi connectivity index (χ3n) is 4.01. The van der Waals surface area contributed by atoms with Crippen LogP contribution in [0.3, 0.4) is 0 Å². The molecule has 7 heteroatoms. The predicted octanol–water partition coefficient (Wildman–Crippen LogP) is 2.77. The first kappa shape index (κ1) is 18.5. The summed E-state index contributed by atoms with van der Waals surface area (Å²) in [5.74, 6) is 1.89. The summed E-state index contributed by atoms with van der Waals surface area (Å²) < 4.78 is 44.0. The van der Waals surface area contributed by atoms with Crippen molar-refractivity contribution in [2.75, 3.05) is 26.4 Å². The van der Waals surface area contributed by atoms with Gasteiger partial charge in [0.05, 0.1) is 11.5 Å². The topological polar surface area (TPSA) is 73.9 Å². The zero-order valence-corrected chi connectivity index (χ0v) is 15.6. The molecule has 1 aliphatic heterocycles. The van der Waals surface area contributed by atoms with Crippen LogP contribution < -0.4 is 18.9 Å². The second kappa shape index (κ2) is 8.42. The number of aryl methyl sites for hydroxylation is 1. The number of hydrogen-bond donors (Lipinski definition) is 1. The molecule has 1 N–H and O–H groups in total. The lowest BCUT2D eigenvalue weighted by Gasteiger charge is -2.19. The zero-order valence-electron chi connectivity index (χ0n) is 14.7. The van der Waals surface area contributed by atoms with Crippen LogP contribution in [-0.2, 0) is 16.4 Å². The summed E-state index contributed by atoms with van der Waals surface area (Å²) >= 11 is 0. The molecule has 1 heterocycles. The number of fused-ring (bicyclic) bond motifs is 1. The first-order chi connectivity index (χ1) is 12.6. The second-order valence-corrected chi connectivity index (χ2v) is 7.61. The molecule has 0 unspecified atom stereocenters. The van der Waals surface area contributed by atoms with Crippen LogP contribution in [-0.4, -0.2) is 34.8 Å². The fraction of sp³-hybridized carbons (Fsp3) is 0.368. The van der Waals surface area contributed by atoms with Crippen LogP contribution in [0.25, 0.3) is 0 Å². The van der Waals surface area contributed by atoms with Crippen LogP contribution in [0.5, 0.6) is 17.2 Å². The van der Waals surface area contributed by atoms with Gasteiger partial charge >= 0.3 is 0 Å². The number of benzene rings is 2. The molecule has 0 bridgehead atoms. The maximum atomic E-state index is 12.5. The molecule has 0 aromatic heterocycles. The van der Waals surface area contributed by atoms with E-state index in [2.05, 4.69) is 4.72 Å². The van der Waals surface area contributed by atoms with Gasteiger partial charge in [-0.2, -0.15) is 0 Å². The lowest BCUT2D eigenvalue weighted by atomic mass is 10.1. The normalized spacial score (nSPS) is 13.4. The summed E-state index contributed by atoms with van der Waals surface area (Å²) in [4.78, 5) is 0.177. The van der Waals surface area contributed by atoms with Crippen molar-refractivity contribution in [2.45, 2.75) is 24.7 Å². The minimum Gasteiger partial charge on any atom is -0.494 e. The van der Waals surface area contributed by atoms with Gasteiger partial charge < -0.3 is 14.2 Å². The van der Waals surface area contributed by atoms with E-state index in [1.165, 1.54) is 12.1 Å². The summed E-state index contributed by atoms with van der Waals surface area (Å²) in [7, 11) is -3.59. The first-order valence-corrected chi connectivity index (χ1v) is 10.2. The van der Waals surface area contributed by atoms with Gasteiger partial charge in [-0.3, -0.25) is 0 Å². The number of sulfonamides is 1. The van der Waals surface area contributed by atoms with E-state index in [0.717, 1.165) is 17.7 Å². The Balaban J connectivity index is 1.57. The summed E-state index contributed by atoms with van der Waals surface area (Å²) in [5, 5.41) is 0. The van der Waals surface area contributed by atoms with Gasteiger partial charge in [-0.15, -0.1) is 0 Å². The lowest BCUT2D eigenvalue weighted by Crippen LogP contribution is -2.25. The summed E-state index contributed by atoms with van der Waals surface area (Å²) in [6.07, 6.45) is 1.41. The highest BCUT2D eigenvalue weighted by Gasteiger charge is 2.19. The molecule has 1 aliphatic rings. The Morgan fingerprint density at radius 1 is 1.08 bits per heavy atom. The fourth-order valence-corrected chi connectivity index (χ4v) is 3.86. The molecule has 0 amide bonds. The van der Waals surface area contributed by atoms with Crippen LogP contribution in [0.2, 0.25) is 0 Å². The van der Waals surface area contributed by atoms with Gasteiger partial charge in [0.15, 0.2) is 11.5 Å². The van der Waals surface area contributed by atoms with Crippen LogP contribution in [0.4, 0.5) is 0 Å². The van der Waals surface area contributed by atoms with Gasteiger partial charge in [-0.1, -0.05) is 18.2 Å². The van der Waals surface area contributed by atoms with Gasteiger partial charge in [0, 0.05) is 12.6 Å². The van der Waals surface area contributed by atoms with E-state index in [-0.39, 0.29) is 4.90 Å². The predicted molar refractivity (Wildman–Crippen MR) is 98.6 cm³/mol. The van der Waals surface area contributed by atoms with Crippen molar-refractivity contribution in [1.82, 2.24) is 4.72 Å². The Morgan fingerprint density at radius 2 is 1.85 bits per heavy atom. The molecule has 3 rings (SSSR count). The molecule has 0 saturated heterocycles. The van der Waals surface area contributed by atoms with Gasteiger partial charge in [0.1, 0.15) is 19.0 Å².